The number of urea groups is 1. The van der Waals surface area contributed by atoms with Crippen LogP contribution in [0.5, 0.6) is 0 Å². The molecular formula is C14H26N2O3. The maximum absolute atomic E-state index is 11.9. The van der Waals surface area contributed by atoms with Crippen molar-refractivity contribution in [3.8, 4) is 0 Å². The van der Waals surface area contributed by atoms with Gasteiger partial charge in [0.15, 0.2) is 0 Å². The van der Waals surface area contributed by atoms with E-state index in [1.54, 1.807) is 0 Å². The van der Waals surface area contributed by atoms with Crippen molar-refractivity contribution in [2.75, 3.05) is 0 Å². The second-order valence-corrected chi connectivity index (χ2v) is 6.33. The minimum Gasteiger partial charge on any atom is -0.481 e. The summed E-state index contributed by atoms with van der Waals surface area (Å²) in [6, 6.07) is 0.0708. The third kappa shape index (κ3) is 6.45. The van der Waals surface area contributed by atoms with E-state index in [9.17, 15) is 9.59 Å². The molecule has 0 radical (unpaired) electrons. The van der Waals surface area contributed by atoms with E-state index in [0.717, 1.165) is 31.6 Å². The molecule has 110 valence electrons. The Morgan fingerprint density at radius 1 is 1.21 bits per heavy atom. The lowest BCUT2D eigenvalue weighted by Gasteiger charge is -2.30. The number of carbonyl (C=O) groups is 2. The summed E-state index contributed by atoms with van der Waals surface area (Å²) in [5.41, 5.74) is -0.496. The van der Waals surface area contributed by atoms with Crippen LogP contribution in [-0.2, 0) is 4.79 Å². The minimum atomic E-state index is -0.837. The molecule has 0 heterocycles. The second-order valence-electron chi connectivity index (χ2n) is 6.33. The third-order valence-electron chi connectivity index (χ3n) is 3.77. The molecule has 0 bridgehead atoms. The highest BCUT2D eigenvalue weighted by atomic mass is 16.4. The van der Waals surface area contributed by atoms with Crippen molar-refractivity contribution < 1.29 is 14.7 Å². The Morgan fingerprint density at radius 2 is 1.79 bits per heavy atom. The SMILES string of the molecule is CC1CCC(NC(=O)NC(C)(C)CCC(=O)O)CC1. The Hall–Kier alpha value is -1.26. The first kappa shape index (κ1) is 15.8. The van der Waals surface area contributed by atoms with Crippen LogP contribution in [0.4, 0.5) is 4.79 Å². The lowest BCUT2D eigenvalue weighted by molar-refractivity contribution is -0.137. The van der Waals surface area contributed by atoms with Crippen LogP contribution < -0.4 is 10.6 Å². The van der Waals surface area contributed by atoms with Crippen LogP contribution in [0.25, 0.3) is 0 Å². The summed E-state index contributed by atoms with van der Waals surface area (Å²) in [4.78, 5) is 22.4. The number of aliphatic carboxylic acids is 1. The van der Waals surface area contributed by atoms with E-state index in [-0.39, 0.29) is 18.5 Å². The topological polar surface area (TPSA) is 78.4 Å². The number of nitrogens with one attached hydrogen (secondary N) is 2. The molecule has 1 aliphatic carbocycles. The lowest BCUT2D eigenvalue weighted by Crippen LogP contribution is -2.51. The van der Waals surface area contributed by atoms with Crippen molar-refractivity contribution in [2.24, 2.45) is 5.92 Å². The van der Waals surface area contributed by atoms with Gasteiger partial charge >= 0.3 is 12.0 Å². The van der Waals surface area contributed by atoms with Gasteiger partial charge in [-0.15, -0.1) is 0 Å². The van der Waals surface area contributed by atoms with Crippen molar-refractivity contribution in [2.45, 2.75) is 70.9 Å². The van der Waals surface area contributed by atoms with Crippen LogP contribution >= 0.6 is 0 Å². The van der Waals surface area contributed by atoms with Gasteiger partial charge in [0.1, 0.15) is 0 Å². The molecular weight excluding hydrogens is 244 g/mol. The first-order valence-electron chi connectivity index (χ1n) is 7.09. The van der Waals surface area contributed by atoms with Gasteiger partial charge in [-0.25, -0.2) is 4.79 Å². The number of carboxylic acids is 1. The average Bonchev–Trinajstić information content (AvgIpc) is 2.29. The highest BCUT2D eigenvalue weighted by Gasteiger charge is 2.24. The van der Waals surface area contributed by atoms with Crippen molar-refractivity contribution in [1.29, 1.82) is 0 Å². The Morgan fingerprint density at radius 3 is 2.32 bits per heavy atom. The minimum absolute atomic E-state index is 0.0637. The smallest absolute Gasteiger partial charge is 0.315 e. The lowest BCUT2D eigenvalue weighted by atomic mass is 9.87. The summed E-state index contributed by atoms with van der Waals surface area (Å²) < 4.78 is 0. The highest BCUT2D eigenvalue weighted by molar-refractivity contribution is 5.75. The van der Waals surface area contributed by atoms with Gasteiger partial charge in [-0.2, -0.15) is 0 Å². The Bertz CT molecular complexity index is 321. The molecule has 0 aliphatic heterocycles. The first-order valence-corrected chi connectivity index (χ1v) is 7.09. The van der Waals surface area contributed by atoms with Gasteiger partial charge in [-0.05, 0) is 51.9 Å². The van der Waals surface area contributed by atoms with Crippen LogP contribution in [0.15, 0.2) is 0 Å². The molecule has 0 aromatic heterocycles. The van der Waals surface area contributed by atoms with Crippen molar-refractivity contribution in [1.82, 2.24) is 10.6 Å². The number of hydrogen-bond acceptors (Lipinski definition) is 2. The molecule has 5 heteroatoms. The molecule has 0 aromatic carbocycles. The summed E-state index contributed by atoms with van der Waals surface area (Å²) in [6.45, 7) is 5.93. The molecule has 3 N–H and O–H groups in total. The molecule has 2 amide bonds. The maximum Gasteiger partial charge on any atom is 0.315 e. The number of hydrogen-bond donors (Lipinski definition) is 3. The van der Waals surface area contributed by atoms with Crippen molar-refractivity contribution >= 4 is 12.0 Å². The summed E-state index contributed by atoms with van der Waals surface area (Å²) in [7, 11) is 0. The first-order chi connectivity index (χ1) is 8.78. The Labute approximate surface area is 115 Å². The number of carboxylic acid groups (broad SMARTS) is 1. The van der Waals surface area contributed by atoms with Gasteiger partial charge in [0.2, 0.25) is 0 Å². The number of rotatable bonds is 5. The molecule has 19 heavy (non-hydrogen) atoms. The van der Waals surface area contributed by atoms with Gasteiger partial charge in [0, 0.05) is 18.0 Å². The zero-order valence-corrected chi connectivity index (χ0v) is 12.2. The van der Waals surface area contributed by atoms with Crippen molar-refractivity contribution in [3.63, 3.8) is 0 Å². The summed E-state index contributed by atoms with van der Waals surface area (Å²) in [6.07, 6.45) is 4.88. The van der Waals surface area contributed by atoms with Gasteiger partial charge < -0.3 is 15.7 Å². The van der Waals surface area contributed by atoms with E-state index in [4.69, 9.17) is 5.11 Å². The van der Waals surface area contributed by atoms with E-state index in [1.165, 1.54) is 0 Å². The summed E-state index contributed by atoms with van der Waals surface area (Å²) in [5, 5.41) is 14.5. The zero-order chi connectivity index (χ0) is 14.5. The molecule has 0 atom stereocenters. The summed E-state index contributed by atoms with van der Waals surface area (Å²) >= 11 is 0. The number of amides is 2. The van der Waals surface area contributed by atoms with Gasteiger partial charge in [-0.3, -0.25) is 4.79 Å². The van der Waals surface area contributed by atoms with E-state index in [2.05, 4.69) is 17.6 Å². The largest absolute Gasteiger partial charge is 0.481 e. The standard InChI is InChI=1S/C14H26N2O3/c1-10-4-6-11(7-5-10)15-13(19)16-14(2,3)9-8-12(17)18/h10-11H,4-9H2,1-3H3,(H,17,18)(H2,15,16,19). The molecule has 1 fully saturated rings. The van der Waals surface area contributed by atoms with Crippen LogP contribution in [0.2, 0.25) is 0 Å². The van der Waals surface area contributed by atoms with Gasteiger partial charge in [0.05, 0.1) is 0 Å². The fourth-order valence-corrected chi connectivity index (χ4v) is 2.42. The van der Waals surface area contributed by atoms with Gasteiger partial charge in [-0.1, -0.05) is 6.92 Å². The molecule has 1 saturated carbocycles. The van der Waals surface area contributed by atoms with Crippen LogP contribution in [0.3, 0.4) is 0 Å². The fraction of sp³-hybridized carbons (Fsp3) is 0.857. The zero-order valence-electron chi connectivity index (χ0n) is 12.2. The molecule has 1 aliphatic rings. The highest BCUT2D eigenvalue weighted by Crippen LogP contribution is 2.23. The average molecular weight is 270 g/mol. The molecule has 0 aromatic rings. The monoisotopic (exact) mass is 270 g/mol. The Kier molecular flexibility index (Phi) is 5.63. The molecule has 5 nitrogen and oxygen atoms in total. The quantitative estimate of drug-likeness (QED) is 0.718. The predicted molar refractivity (Wildman–Crippen MR) is 74.0 cm³/mol. The van der Waals surface area contributed by atoms with E-state index in [1.807, 2.05) is 13.8 Å². The van der Waals surface area contributed by atoms with E-state index >= 15 is 0 Å². The Balaban J connectivity index is 2.31. The van der Waals surface area contributed by atoms with Crippen LogP contribution in [0, 0.1) is 5.92 Å². The normalized spacial score (nSPS) is 23.7. The van der Waals surface area contributed by atoms with Gasteiger partial charge in [0.25, 0.3) is 0 Å². The fourth-order valence-electron chi connectivity index (χ4n) is 2.42. The third-order valence-corrected chi connectivity index (χ3v) is 3.77. The van der Waals surface area contributed by atoms with Crippen molar-refractivity contribution in [3.05, 3.63) is 0 Å². The molecule has 0 saturated heterocycles. The number of carbonyl (C=O) groups excluding carboxylic acids is 1. The van der Waals surface area contributed by atoms with Crippen LogP contribution in [0.1, 0.15) is 59.3 Å². The molecule has 1 rings (SSSR count). The second kappa shape index (κ2) is 6.78. The maximum atomic E-state index is 11.9. The molecule has 0 spiro atoms. The van der Waals surface area contributed by atoms with E-state index < -0.39 is 11.5 Å². The molecule has 0 unspecified atom stereocenters. The van der Waals surface area contributed by atoms with E-state index in [0.29, 0.717) is 6.42 Å². The summed E-state index contributed by atoms with van der Waals surface area (Å²) in [5.74, 6) is -0.0790. The predicted octanol–water partition coefficient (Wildman–Crippen LogP) is 2.51. The van der Waals surface area contributed by atoms with Crippen LogP contribution in [-0.4, -0.2) is 28.7 Å².